The lowest BCUT2D eigenvalue weighted by atomic mass is 9.86. The third kappa shape index (κ3) is 0.444. The molecule has 3 heterocycles. The van der Waals surface area contributed by atoms with Crippen LogP contribution in [0.5, 0.6) is 0 Å². The zero-order chi connectivity index (χ0) is 6.60. The van der Waals surface area contributed by atoms with Gasteiger partial charge >= 0.3 is 0 Å². The Balaban J connectivity index is 2.07. The highest BCUT2D eigenvalue weighted by Crippen LogP contribution is 2.44. The van der Waals surface area contributed by atoms with Crippen molar-refractivity contribution in [3.63, 3.8) is 0 Å². The van der Waals surface area contributed by atoms with E-state index >= 15 is 0 Å². The summed E-state index contributed by atoms with van der Waals surface area (Å²) in [6.07, 6.45) is 6.16. The molecule has 2 saturated heterocycles. The van der Waals surface area contributed by atoms with Crippen molar-refractivity contribution in [3.8, 4) is 0 Å². The van der Waals surface area contributed by atoms with E-state index in [1.807, 2.05) is 0 Å². The zero-order valence-electron chi connectivity index (χ0n) is 5.84. The molecule has 0 aromatic heterocycles. The van der Waals surface area contributed by atoms with Gasteiger partial charge in [0.2, 0.25) is 0 Å². The molecule has 0 aliphatic carbocycles. The highest BCUT2D eigenvalue weighted by atomic mass is 16.5. The molecule has 2 heteroatoms. The van der Waals surface area contributed by atoms with Gasteiger partial charge in [-0.15, -0.1) is 0 Å². The van der Waals surface area contributed by atoms with E-state index in [2.05, 4.69) is 17.5 Å². The van der Waals surface area contributed by atoms with Crippen LogP contribution in [0.2, 0.25) is 0 Å². The van der Waals surface area contributed by atoms with Crippen molar-refractivity contribution in [3.05, 3.63) is 12.2 Å². The van der Waals surface area contributed by atoms with Gasteiger partial charge in [0.1, 0.15) is 5.60 Å². The molecule has 0 amide bonds. The number of ether oxygens (including phenoxy) is 1. The second-order valence-corrected chi connectivity index (χ2v) is 3.53. The van der Waals surface area contributed by atoms with E-state index in [0.717, 1.165) is 19.0 Å². The van der Waals surface area contributed by atoms with Gasteiger partial charge in [0.15, 0.2) is 0 Å². The molecule has 1 spiro atoms. The van der Waals surface area contributed by atoms with Crippen LogP contribution < -0.4 is 5.32 Å². The van der Waals surface area contributed by atoms with E-state index in [-0.39, 0.29) is 5.60 Å². The first-order chi connectivity index (χ1) is 4.89. The van der Waals surface area contributed by atoms with E-state index < -0.39 is 0 Å². The van der Waals surface area contributed by atoms with Crippen LogP contribution in [-0.2, 0) is 4.74 Å². The second-order valence-electron chi connectivity index (χ2n) is 3.53. The van der Waals surface area contributed by atoms with E-state index in [9.17, 15) is 0 Å². The number of nitrogens with one attached hydrogen (secondary N) is 1. The molecule has 0 saturated carbocycles. The first-order valence-electron chi connectivity index (χ1n) is 3.97. The van der Waals surface area contributed by atoms with Gasteiger partial charge in [0.25, 0.3) is 0 Å². The van der Waals surface area contributed by atoms with Crippen LogP contribution in [-0.4, -0.2) is 24.8 Å². The fourth-order valence-corrected chi connectivity index (χ4v) is 2.41. The molecule has 3 aliphatic heterocycles. The molecule has 2 bridgehead atoms. The Morgan fingerprint density at radius 3 is 3.40 bits per heavy atom. The van der Waals surface area contributed by atoms with Crippen molar-refractivity contribution >= 4 is 0 Å². The maximum absolute atomic E-state index is 5.81. The molecule has 1 N–H and O–H groups in total. The highest BCUT2D eigenvalue weighted by Gasteiger charge is 2.52. The Kier molecular flexibility index (Phi) is 0.778. The fourth-order valence-electron chi connectivity index (χ4n) is 2.41. The molecular weight excluding hydrogens is 126 g/mol. The molecule has 2 nitrogen and oxygen atoms in total. The van der Waals surface area contributed by atoms with Crippen molar-refractivity contribution in [1.29, 1.82) is 0 Å². The molecule has 10 heavy (non-hydrogen) atoms. The molecule has 3 rings (SSSR count). The van der Waals surface area contributed by atoms with Crippen LogP contribution in [0.3, 0.4) is 0 Å². The lowest BCUT2D eigenvalue weighted by Gasteiger charge is -2.20. The summed E-state index contributed by atoms with van der Waals surface area (Å²) in [7, 11) is 0. The van der Waals surface area contributed by atoms with Gasteiger partial charge in [-0.05, 0) is 6.42 Å². The number of rotatable bonds is 0. The smallest absolute Gasteiger partial charge is 0.104 e. The minimum absolute atomic E-state index is 0.130. The first-order valence-corrected chi connectivity index (χ1v) is 3.97. The van der Waals surface area contributed by atoms with E-state index in [4.69, 9.17) is 4.74 Å². The maximum atomic E-state index is 5.81. The van der Waals surface area contributed by atoms with Crippen LogP contribution in [0.1, 0.15) is 6.42 Å². The Morgan fingerprint density at radius 2 is 2.60 bits per heavy atom. The predicted molar refractivity (Wildman–Crippen MR) is 37.7 cm³/mol. The van der Waals surface area contributed by atoms with Crippen molar-refractivity contribution in [2.45, 2.75) is 18.1 Å². The van der Waals surface area contributed by atoms with E-state index in [1.54, 1.807) is 0 Å². The van der Waals surface area contributed by atoms with Crippen molar-refractivity contribution in [2.24, 2.45) is 5.92 Å². The van der Waals surface area contributed by atoms with Crippen molar-refractivity contribution in [2.75, 3.05) is 13.1 Å². The Hall–Kier alpha value is -0.340. The van der Waals surface area contributed by atoms with Gasteiger partial charge in [0.05, 0.1) is 6.10 Å². The second kappa shape index (κ2) is 1.46. The lowest BCUT2D eigenvalue weighted by molar-refractivity contribution is 0.0335. The largest absolute Gasteiger partial charge is 0.362 e. The summed E-state index contributed by atoms with van der Waals surface area (Å²) in [6, 6.07) is 0. The molecule has 0 radical (unpaired) electrons. The summed E-state index contributed by atoms with van der Waals surface area (Å²) in [6.45, 7) is 2.19. The third-order valence-electron chi connectivity index (χ3n) is 2.96. The molecule has 3 aliphatic rings. The van der Waals surface area contributed by atoms with Crippen LogP contribution in [0.25, 0.3) is 0 Å². The average molecular weight is 137 g/mol. The molecule has 0 aromatic carbocycles. The normalized spacial score (nSPS) is 56.0. The summed E-state index contributed by atoms with van der Waals surface area (Å²) >= 11 is 0. The molecule has 0 aromatic rings. The summed E-state index contributed by atoms with van der Waals surface area (Å²) in [4.78, 5) is 0. The topological polar surface area (TPSA) is 21.3 Å². The van der Waals surface area contributed by atoms with Gasteiger partial charge in [-0.25, -0.2) is 0 Å². The maximum Gasteiger partial charge on any atom is 0.104 e. The fraction of sp³-hybridized carbons (Fsp3) is 0.750. The van der Waals surface area contributed by atoms with Crippen LogP contribution in [0.4, 0.5) is 0 Å². The van der Waals surface area contributed by atoms with Crippen LogP contribution in [0.15, 0.2) is 12.2 Å². The molecular formula is C8H11NO. The highest BCUT2D eigenvalue weighted by molar-refractivity contribution is 5.23. The minimum atomic E-state index is 0.130. The van der Waals surface area contributed by atoms with E-state index in [1.165, 1.54) is 6.42 Å². The Bertz CT molecular complexity index is 201. The van der Waals surface area contributed by atoms with Gasteiger partial charge in [-0.3, -0.25) is 0 Å². The monoisotopic (exact) mass is 137 g/mol. The van der Waals surface area contributed by atoms with Gasteiger partial charge in [-0.2, -0.15) is 0 Å². The van der Waals surface area contributed by atoms with Crippen molar-refractivity contribution < 1.29 is 4.74 Å². The summed E-state index contributed by atoms with van der Waals surface area (Å²) in [5.41, 5.74) is 0.130. The minimum Gasteiger partial charge on any atom is -0.362 e. The van der Waals surface area contributed by atoms with Gasteiger partial charge < -0.3 is 10.1 Å². The quantitative estimate of drug-likeness (QED) is 0.485. The van der Waals surface area contributed by atoms with Crippen LogP contribution in [0, 0.1) is 5.92 Å². The SMILES string of the molecule is C1=CC23CNCC2CC1O3. The molecule has 3 atom stereocenters. The van der Waals surface area contributed by atoms with Crippen LogP contribution >= 0.6 is 0 Å². The van der Waals surface area contributed by atoms with Gasteiger partial charge in [-0.1, -0.05) is 12.2 Å². The summed E-state index contributed by atoms with van der Waals surface area (Å²) in [5.74, 6) is 0.766. The predicted octanol–water partition coefficient (Wildman–Crippen LogP) is 0.303. The first kappa shape index (κ1) is 5.33. The number of hydrogen-bond acceptors (Lipinski definition) is 2. The summed E-state index contributed by atoms with van der Waals surface area (Å²) < 4.78 is 5.81. The molecule has 3 unspecified atom stereocenters. The molecule has 2 fully saturated rings. The average Bonchev–Trinajstić information content (AvgIpc) is 2.48. The van der Waals surface area contributed by atoms with E-state index in [0.29, 0.717) is 6.10 Å². The Labute approximate surface area is 60.3 Å². The van der Waals surface area contributed by atoms with Gasteiger partial charge in [0, 0.05) is 19.0 Å². The standard InChI is InChI=1S/C8H11NO/c1-2-8-5-9-4-6(8)3-7(1)10-8/h1-2,6-7,9H,3-5H2. The zero-order valence-corrected chi connectivity index (χ0v) is 5.84. The van der Waals surface area contributed by atoms with Crippen molar-refractivity contribution in [1.82, 2.24) is 5.32 Å². The third-order valence-corrected chi connectivity index (χ3v) is 2.96. The number of fused-ring (bicyclic) bond motifs is 1. The lowest BCUT2D eigenvalue weighted by Crippen LogP contribution is -2.31. The number of hydrogen-bond donors (Lipinski definition) is 1. The summed E-state index contributed by atoms with van der Waals surface area (Å²) in [5, 5.41) is 3.37. The Morgan fingerprint density at radius 1 is 1.60 bits per heavy atom. The molecule has 54 valence electrons.